The first kappa shape index (κ1) is 15.4. The van der Waals surface area contributed by atoms with Gasteiger partial charge in [-0.2, -0.15) is 0 Å². The Hall–Kier alpha value is -1.63. The van der Waals surface area contributed by atoms with E-state index in [9.17, 15) is 14.0 Å². The van der Waals surface area contributed by atoms with Gasteiger partial charge in [-0.05, 0) is 41.1 Å². The summed E-state index contributed by atoms with van der Waals surface area (Å²) in [6, 6.07) is 3.86. The molecule has 19 heavy (non-hydrogen) atoms. The molecule has 0 aliphatic carbocycles. The van der Waals surface area contributed by atoms with E-state index in [0.29, 0.717) is 10.2 Å². The number of rotatable bonds is 5. The smallest absolute Gasteiger partial charge is 0.325 e. The zero-order valence-corrected chi connectivity index (χ0v) is 12.0. The average molecular weight is 334 g/mol. The van der Waals surface area contributed by atoms with Gasteiger partial charge in [-0.3, -0.25) is 9.59 Å². The van der Waals surface area contributed by atoms with Gasteiger partial charge < -0.3 is 14.8 Å². The first-order valence-electron chi connectivity index (χ1n) is 5.40. The lowest BCUT2D eigenvalue weighted by Crippen LogP contribution is -2.39. The summed E-state index contributed by atoms with van der Waals surface area (Å²) in [4.78, 5) is 22.5. The second-order valence-electron chi connectivity index (χ2n) is 3.63. The van der Waals surface area contributed by atoms with Crippen LogP contribution in [0.5, 0.6) is 5.75 Å². The maximum absolute atomic E-state index is 12.9. The molecule has 1 aromatic carbocycles. The lowest BCUT2D eigenvalue weighted by atomic mass is 10.3. The van der Waals surface area contributed by atoms with Crippen LogP contribution in [0.15, 0.2) is 22.7 Å². The number of hydrogen-bond donors (Lipinski definition) is 1. The van der Waals surface area contributed by atoms with E-state index in [4.69, 9.17) is 4.74 Å². The third-order valence-corrected chi connectivity index (χ3v) is 2.82. The number of esters is 1. The van der Waals surface area contributed by atoms with Crippen molar-refractivity contribution in [2.24, 2.45) is 0 Å². The van der Waals surface area contributed by atoms with Crippen LogP contribution in [-0.2, 0) is 14.3 Å². The monoisotopic (exact) mass is 333 g/mol. The van der Waals surface area contributed by atoms with Gasteiger partial charge >= 0.3 is 5.97 Å². The molecule has 7 heteroatoms. The SMILES string of the molecule is COC(=O)CNC(=O)C(C)Oc1ccc(F)cc1Br. The van der Waals surface area contributed by atoms with E-state index in [1.165, 1.54) is 32.2 Å². The molecule has 0 spiro atoms. The van der Waals surface area contributed by atoms with Crippen molar-refractivity contribution in [1.82, 2.24) is 5.32 Å². The van der Waals surface area contributed by atoms with Crippen LogP contribution >= 0.6 is 15.9 Å². The molecule has 1 atom stereocenters. The quantitative estimate of drug-likeness (QED) is 0.832. The van der Waals surface area contributed by atoms with Crippen LogP contribution in [0.4, 0.5) is 4.39 Å². The molecule has 1 unspecified atom stereocenters. The molecule has 1 N–H and O–H groups in total. The number of nitrogens with one attached hydrogen (secondary N) is 1. The third-order valence-electron chi connectivity index (χ3n) is 2.20. The maximum Gasteiger partial charge on any atom is 0.325 e. The largest absolute Gasteiger partial charge is 0.480 e. The molecule has 0 radical (unpaired) electrons. The van der Waals surface area contributed by atoms with E-state index in [0.717, 1.165) is 0 Å². The van der Waals surface area contributed by atoms with Crippen molar-refractivity contribution in [3.05, 3.63) is 28.5 Å². The number of carbonyl (C=O) groups excluding carboxylic acids is 2. The van der Waals surface area contributed by atoms with Crippen molar-refractivity contribution in [2.75, 3.05) is 13.7 Å². The minimum absolute atomic E-state index is 0.229. The van der Waals surface area contributed by atoms with Crippen molar-refractivity contribution in [2.45, 2.75) is 13.0 Å². The minimum Gasteiger partial charge on any atom is -0.480 e. The standard InChI is InChI=1S/C12H13BrFNO4/c1-7(12(17)15-6-11(16)18-2)19-10-4-3-8(14)5-9(10)13/h3-5,7H,6H2,1-2H3,(H,15,17). The van der Waals surface area contributed by atoms with E-state index in [-0.39, 0.29) is 6.54 Å². The van der Waals surface area contributed by atoms with E-state index < -0.39 is 23.8 Å². The molecule has 0 fully saturated rings. The summed E-state index contributed by atoms with van der Waals surface area (Å²) in [6.45, 7) is 1.29. The highest BCUT2D eigenvalue weighted by molar-refractivity contribution is 9.10. The van der Waals surface area contributed by atoms with Gasteiger partial charge in [0, 0.05) is 0 Å². The lowest BCUT2D eigenvalue weighted by Gasteiger charge is -2.15. The van der Waals surface area contributed by atoms with Gasteiger partial charge in [0.05, 0.1) is 11.6 Å². The van der Waals surface area contributed by atoms with Crippen molar-refractivity contribution in [3.63, 3.8) is 0 Å². The van der Waals surface area contributed by atoms with Crippen LogP contribution in [0.2, 0.25) is 0 Å². The van der Waals surface area contributed by atoms with Gasteiger partial charge in [-0.15, -0.1) is 0 Å². The molecule has 1 rings (SSSR count). The fourth-order valence-corrected chi connectivity index (χ4v) is 1.63. The Balaban J connectivity index is 2.56. The summed E-state index contributed by atoms with van der Waals surface area (Å²) in [7, 11) is 1.23. The molecule has 0 saturated heterocycles. The molecule has 1 aromatic rings. The zero-order valence-electron chi connectivity index (χ0n) is 10.4. The van der Waals surface area contributed by atoms with Crippen molar-refractivity contribution in [3.8, 4) is 5.75 Å². The van der Waals surface area contributed by atoms with Gasteiger partial charge in [0.1, 0.15) is 18.1 Å². The van der Waals surface area contributed by atoms with E-state index in [2.05, 4.69) is 26.0 Å². The third kappa shape index (κ3) is 4.86. The molecule has 0 aromatic heterocycles. The Morgan fingerprint density at radius 3 is 2.74 bits per heavy atom. The second kappa shape index (κ2) is 7.08. The first-order valence-corrected chi connectivity index (χ1v) is 6.19. The average Bonchev–Trinajstić information content (AvgIpc) is 2.38. The lowest BCUT2D eigenvalue weighted by molar-refractivity contribution is -0.141. The van der Waals surface area contributed by atoms with Crippen molar-refractivity contribution in [1.29, 1.82) is 0 Å². The number of benzene rings is 1. The highest BCUT2D eigenvalue weighted by atomic mass is 79.9. The summed E-state index contributed by atoms with van der Waals surface area (Å²) >= 11 is 3.13. The normalized spacial score (nSPS) is 11.6. The zero-order chi connectivity index (χ0) is 14.4. The van der Waals surface area contributed by atoms with E-state index in [1.54, 1.807) is 0 Å². The molecule has 0 saturated carbocycles. The Kier molecular flexibility index (Phi) is 5.75. The minimum atomic E-state index is -0.827. The van der Waals surface area contributed by atoms with Crippen LogP contribution < -0.4 is 10.1 Å². The predicted molar refractivity (Wildman–Crippen MR) is 69.2 cm³/mol. The molecule has 0 aliphatic heterocycles. The van der Waals surface area contributed by atoms with Gasteiger partial charge in [0.25, 0.3) is 5.91 Å². The number of hydrogen-bond acceptors (Lipinski definition) is 4. The summed E-state index contributed by atoms with van der Waals surface area (Å²) in [6.07, 6.45) is -0.827. The van der Waals surface area contributed by atoms with Crippen LogP contribution in [0, 0.1) is 5.82 Å². The van der Waals surface area contributed by atoms with Gasteiger partial charge in [0.2, 0.25) is 0 Å². The van der Waals surface area contributed by atoms with Gasteiger partial charge in [0.15, 0.2) is 6.10 Å². The molecule has 0 heterocycles. The van der Waals surface area contributed by atoms with Crippen molar-refractivity contribution >= 4 is 27.8 Å². The van der Waals surface area contributed by atoms with Crippen molar-refractivity contribution < 1.29 is 23.5 Å². The summed E-state index contributed by atoms with van der Waals surface area (Å²) in [5.74, 6) is -1.10. The molecule has 5 nitrogen and oxygen atoms in total. The Morgan fingerprint density at radius 1 is 1.47 bits per heavy atom. The van der Waals surface area contributed by atoms with E-state index in [1.807, 2.05) is 0 Å². The number of halogens is 2. The van der Waals surface area contributed by atoms with Gasteiger partial charge in [-0.25, -0.2) is 4.39 Å². The number of methoxy groups -OCH3 is 1. The highest BCUT2D eigenvalue weighted by Crippen LogP contribution is 2.26. The van der Waals surface area contributed by atoms with Crippen LogP contribution in [0.1, 0.15) is 6.92 Å². The molecule has 1 amide bonds. The van der Waals surface area contributed by atoms with Gasteiger partial charge in [-0.1, -0.05) is 0 Å². The summed E-state index contributed by atoms with van der Waals surface area (Å²) in [5.41, 5.74) is 0. The Morgan fingerprint density at radius 2 is 2.16 bits per heavy atom. The van der Waals surface area contributed by atoms with E-state index >= 15 is 0 Å². The second-order valence-corrected chi connectivity index (χ2v) is 4.48. The Labute approximate surface area is 118 Å². The summed E-state index contributed by atoms with van der Waals surface area (Å²) in [5, 5.41) is 2.36. The molecule has 104 valence electrons. The molecule has 0 aliphatic rings. The van der Waals surface area contributed by atoms with Crippen LogP contribution in [0.25, 0.3) is 0 Å². The van der Waals surface area contributed by atoms with Crippen LogP contribution in [-0.4, -0.2) is 31.6 Å². The fourth-order valence-electron chi connectivity index (χ4n) is 1.19. The molecule has 0 bridgehead atoms. The molecular weight excluding hydrogens is 321 g/mol. The molecular formula is C12H13BrFNO4. The predicted octanol–water partition coefficient (Wildman–Crippen LogP) is 1.64. The summed E-state index contributed by atoms with van der Waals surface area (Å²) < 4.78 is 23.0. The highest BCUT2D eigenvalue weighted by Gasteiger charge is 2.17. The number of ether oxygens (including phenoxy) is 2. The Bertz CT molecular complexity index is 481. The fraction of sp³-hybridized carbons (Fsp3) is 0.333. The van der Waals surface area contributed by atoms with Crippen LogP contribution in [0.3, 0.4) is 0 Å². The number of amides is 1. The topological polar surface area (TPSA) is 64.6 Å². The maximum atomic E-state index is 12.9. The first-order chi connectivity index (χ1) is 8.93. The number of carbonyl (C=O) groups is 2.